The standard InChI is InChI=1S/C22H20N2O5/c1-3-12-10-13-18(11-16(12)25)29-17(8-9-19(26)27)20(13)21(28)22-23-14-6-4-5-7-15(14)24(22)2/h4-7,10-11,25H,3,8-9H2,1-2H3,(H,26,27). The van der Waals surface area contributed by atoms with Crippen molar-refractivity contribution in [1.29, 1.82) is 0 Å². The molecule has 0 unspecified atom stereocenters. The lowest BCUT2D eigenvalue weighted by molar-refractivity contribution is -0.137. The molecule has 0 aliphatic heterocycles. The van der Waals surface area contributed by atoms with Gasteiger partial charge in [-0.3, -0.25) is 9.59 Å². The number of aromatic nitrogens is 2. The number of ketones is 1. The van der Waals surface area contributed by atoms with Gasteiger partial charge in [0.2, 0.25) is 5.78 Å². The number of carbonyl (C=O) groups is 2. The molecule has 0 atom stereocenters. The third-order valence-corrected chi connectivity index (χ3v) is 5.13. The summed E-state index contributed by atoms with van der Waals surface area (Å²) in [5, 5.41) is 19.8. The quantitative estimate of drug-likeness (QED) is 0.483. The number of carbonyl (C=O) groups excluding carboxylic acids is 1. The summed E-state index contributed by atoms with van der Waals surface area (Å²) in [6, 6.07) is 10.6. The van der Waals surface area contributed by atoms with Gasteiger partial charge >= 0.3 is 5.97 Å². The van der Waals surface area contributed by atoms with Gasteiger partial charge < -0.3 is 19.2 Å². The number of furan rings is 1. The van der Waals surface area contributed by atoms with Crippen molar-refractivity contribution in [3.63, 3.8) is 0 Å². The monoisotopic (exact) mass is 392 g/mol. The number of nitrogens with zero attached hydrogens (tertiary/aromatic N) is 2. The van der Waals surface area contributed by atoms with Gasteiger partial charge in [-0.2, -0.15) is 0 Å². The van der Waals surface area contributed by atoms with Crippen LogP contribution in [0.3, 0.4) is 0 Å². The number of rotatable bonds is 6. The molecule has 4 rings (SSSR count). The molecule has 0 aliphatic rings. The molecular weight excluding hydrogens is 372 g/mol. The lowest BCUT2D eigenvalue weighted by Crippen LogP contribution is -2.11. The first-order valence-corrected chi connectivity index (χ1v) is 9.36. The molecule has 2 aromatic heterocycles. The van der Waals surface area contributed by atoms with Crippen LogP contribution >= 0.6 is 0 Å². The van der Waals surface area contributed by atoms with Crippen LogP contribution in [-0.4, -0.2) is 31.5 Å². The molecule has 0 radical (unpaired) electrons. The Kier molecular flexibility index (Phi) is 4.58. The van der Waals surface area contributed by atoms with E-state index in [9.17, 15) is 14.7 Å². The highest BCUT2D eigenvalue weighted by Gasteiger charge is 2.27. The number of benzene rings is 2. The topological polar surface area (TPSA) is 106 Å². The second-order valence-corrected chi connectivity index (χ2v) is 6.94. The molecule has 2 N–H and O–H groups in total. The molecule has 29 heavy (non-hydrogen) atoms. The molecule has 4 aromatic rings. The van der Waals surface area contributed by atoms with Crippen molar-refractivity contribution < 1.29 is 24.2 Å². The van der Waals surface area contributed by atoms with Crippen LogP contribution in [0.5, 0.6) is 5.75 Å². The first-order valence-electron chi connectivity index (χ1n) is 9.36. The molecule has 2 aromatic carbocycles. The third kappa shape index (κ3) is 3.14. The van der Waals surface area contributed by atoms with Crippen molar-refractivity contribution in [2.75, 3.05) is 0 Å². The van der Waals surface area contributed by atoms with Crippen molar-refractivity contribution in [3.8, 4) is 5.75 Å². The molecule has 0 spiro atoms. The summed E-state index contributed by atoms with van der Waals surface area (Å²) in [7, 11) is 1.77. The first kappa shape index (κ1) is 18.7. The van der Waals surface area contributed by atoms with E-state index in [2.05, 4.69) is 4.98 Å². The minimum atomic E-state index is -0.983. The molecule has 0 fully saturated rings. The highest BCUT2D eigenvalue weighted by atomic mass is 16.4. The number of phenols is 1. The Labute approximate surface area is 166 Å². The highest BCUT2D eigenvalue weighted by molar-refractivity contribution is 6.16. The van der Waals surface area contributed by atoms with E-state index in [1.165, 1.54) is 6.07 Å². The number of phenolic OH excluding ortho intramolecular Hbond substituents is 1. The van der Waals surface area contributed by atoms with Gasteiger partial charge in [-0.1, -0.05) is 19.1 Å². The number of aliphatic carboxylic acids is 1. The van der Waals surface area contributed by atoms with Gasteiger partial charge in [0.25, 0.3) is 0 Å². The maximum Gasteiger partial charge on any atom is 0.303 e. The molecule has 0 saturated heterocycles. The predicted molar refractivity (Wildman–Crippen MR) is 107 cm³/mol. The largest absolute Gasteiger partial charge is 0.508 e. The molecular formula is C22H20N2O5. The van der Waals surface area contributed by atoms with Crippen LogP contribution in [0.2, 0.25) is 0 Å². The fourth-order valence-electron chi connectivity index (χ4n) is 3.62. The highest BCUT2D eigenvalue weighted by Crippen LogP contribution is 2.34. The van der Waals surface area contributed by atoms with E-state index in [0.717, 1.165) is 5.52 Å². The van der Waals surface area contributed by atoms with Crippen LogP contribution in [0.4, 0.5) is 0 Å². The average molecular weight is 392 g/mol. The molecule has 2 heterocycles. The molecule has 0 aliphatic carbocycles. The zero-order valence-electron chi connectivity index (χ0n) is 16.1. The number of carboxylic acids is 1. The van der Waals surface area contributed by atoms with Crippen molar-refractivity contribution in [1.82, 2.24) is 9.55 Å². The zero-order valence-corrected chi connectivity index (χ0v) is 16.1. The number of aryl methyl sites for hydroxylation is 3. The Hall–Kier alpha value is -3.61. The fourth-order valence-corrected chi connectivity index (χ4v) is 3.62. The summed E-state index contributed by atoms with van der Waals surface area (Å²) < 4.78 is 7.53. The summed E-state index contributed by atoms with van der Waals surface area (Å²) in [6.07, 6.45) is 0.476. The summed E-state index contributed by atoms with van der Waals surface area (Å²) in [4.78, 5) is 29.1. The lowest BCUT2D eigenvalue weighted by atomic mass is 10.0. The number of hydrogen-bond donors (Lipinski definition) is 2. The summed E-state index contributed by atoms with van der Waals surface area (Å²) >= 11 is 0. The van der Waals surface area contributed by atoms with Crippen LogP contribution in [0.15, 0.2) is 40.8 Å². The summed E-state index contributed by atoms with van der Waals surface area (Å²) in [6.45, 7) is 1.90. The van der Waals surface area contributed by atoms with Crippen molar-refractivity contribution in [2.45, 2.75) is 26.2 Å². The number of carboxylic acid groups (broad SMARTS) is 1. The number of imidazole rings is 1. The molecule has 7 heteroatoms. The summed E-state index contributed by atoms with van der Waals surface area (Å²) in [5.74, 6) is -0.705. The van der Waals surface area contributed by atoms with E-state index in [1.807, 2.05) is 31.2 Å². The smallest absolute Gasteiger partial charge is 0.303 e. The normalized spacial score (nSPS) is 11.4. The van der Waals surface area contributed by atoms with Crippen LogP contribution in [0, 0.1) is 0 Å². The summed E-state index contributed by atoms with van der Waals surface area (Å²) in [5.41, 5.74) is 2.85. The zero-order chi connectivity index (χ0) is 20.7. The Morgan fingerprint density at radius 1 is 1.21 bits per heavy atom. The molecule has 7 nitrogen and oxygen atoms in total. The number of fused-ring (bicyclic) bond motifs is 2. The number of aromatic hydroxyl groups is 1. The predicted octanol–water partition coefficient (Wildman–Crippen LogP) is 3.84. The SMILES string of the molecule is CCc1cc2c(C(=O)c3nc4ccccc4n3C)c(CCC(=O)O)oc2cc1O. The minimum absolute atomic E-state index is 0.0667. The Morgan fingerprint density at radius 3 is 2.66 bits per heavy atom. The number of hydrogen-bond acceptors (Lipinski definition) is 5. The Bertz CT molecular complexity index is 1270. The van der Waals surface area contributed by atoms with Gasteiger partial charge in [-0.05, 0) is 30.2 Å². The molecule has 148 valence electrons. The fraction of sp³-hybridized carbons (Fsp3) is 0.227. The third-order valence-electron chi connectivity index (χ3n) is 5.13. The Balaban J connectivity index is 1.93. The van der Waals surface area contributed by atoms with Crippen LogP contribution in [-0.2, 0) is 24.7 Å². The van der Waals surface area contributed by atoms with Gasteiger partial charge in [0.05, 0.1) is 23.0 Å². The van der Waals surface area contributed by atoms with Crippen molar-refractivity contribution >= 4 is 33.8 Å². The second-order valence-electron chi connectivity index (χ2n) is 6.94. The van der Waals surface area contributed by atoms with Gasteiger partial charge in [0.15, 0.2) is 5.82 Å². The van der Waals surface area contributed by atoms with Crippen LogP contribution in [0.1, 0.15) is 40.9 Å². The van der Waals surface area contributed by atoms with Crippen LogP contribution in [0.25, 0.3) is 22.0 Å². The molecule has 0 saturated carbocycles. The van der Waals surface area contributed by atoms with Gasteiger partial charge in [-0.15, -0.1) is 0 Å². The van der Waals surface area contributed by atoms with E-state index >= 15 is 0 Å². The van der Waals surface area contributed by atoms with Crippen molar-refractivity contribution in [3.05, 3.63) is 59.1 Å². The van der Waals surface area contributed by atoms with Gasteiger partial charge in [0, 0.05) is 24.9 Å². The van der Waals surface area contributed by atoms with E-state index in [1.54, 1.807) is 17.7 Å². The lowest BCUT2D eigenvalue weighted by Gasteiger charge is -2.04. The average Bonchev–Trinajstić information content (AvgIpc) is 3.22. The van der Waals surface area contributed by atoms with E-state index < -0.39 is 5.97 Å². The Morgan fingerprint density at radius 2 is 1.97 bits per heavy atom. The van der Waals surface area contributed by atoms with E-state index in [4.69, 9.17) is 9.52 Å². The maximum atomic E-state index is 13.5. The maximum absolute atomic E-state index is 13.5. The van der Waals surface area contributed by atoms with E-state index in [-0.39, 0.29) is 36.0 Å². The van der Waals surface area contributed by atoms with Crippen LogP contribution < -0.4 is 0 Å². The molecule has 0 bridgehead atoms. The molecule has 0 amide bonds. The first-order chi connectivity index (χ1) is 13.9. The van der Waals surface area contributed by atoms with E-state index in [0.29, 0.717) is 34.0 Å². The minimum Gasteiger partial charge on any atom is -0.508 e. The van der Waals surface area contributed by atoms with Gasteiger partial charge in [0.1, 0.15) is 17.1 Å². The van der Waals surface area contributed by atoms with Crippen molar-refractivity contribution in [2.24, 2.45) is 7.05 Å². The number of para-hydroxylation sites is 2. The van der Waals surface area contributed by atoms with Gasteiger partial charge in [-0.25, -0.2) is 4.98 Å². The second kappa shape index (κ2) is 7.09.